The first-order valence-corrected chi connectivity index (χ1v) is 8.03. The van der Waals surface area contributed by atoms with Gasteiger partial charge in [-0.05, 0) is 18.2 Å². The van der Waals surface area contributed by atoms with Crippen LogP contribution in [0.4, 0.5) is 0 Å². The first-order valence-electron chi connectivity index (χ1n) is 7.65. The lowest BCUT2D eigenvalue weighted by molar-refractivity contribution is -0.141. The number of aliphatic hydroxyl groups excluding tert-OH is 2. The Morgan fingerprint density at radius 1 is 1.48 bits per heavy atom. The molecule has 6 heteroatoms. The number of aliphatic hydroxyl groups is 2. The van der Waals surface area contributed by atoms with Crippen LogP contribution in [-0.4, -0.2) is 41.1 Å². The van der Waals surface area contributed by atoms with Crippen LogP contribution in [0.25, 0.3) is 0 Å². The number of benzene rings is 1. The van der Waals surface area contributed by atoms with E-state index in [1.54, 1.807) is 36.4 Å². The molecule has 5 nitrogen and oxygen atoms in total. The molecular formula is C17H19ClO5. The van der Waals surface area contributed by atoms with Gasteiger partial charge in [-0.2, -0.15) is 0 Å². The summed E-state index contributed by atoms with van der Waals surface area (Å²) in [4.78, 5) is 11.3. The molecule has 2 aliphatic rings. The highest BCUT2D eigenvalue weighted by atomic mass is 35.5. The minimum Gasteiger partial charge on any atom is -0.491 e. The Bertz CT molecular complexity index is 602. The van der Waals surface area contributed by atoms with E-state index in [-0.39, 0.29) is 30.5 Å². The Morgan fingerprint density at radius 3 is 3.09 bits per heavy atom. The summed E-state index contributed by atoms with van der Waals surface area (Å²) in [6.07, 6.45) is 2.60. The summed E-state index contributed by atoms with van der Waals surface area (Å²) in [6.45, 7) is 0.0865. The average Bonchev–Trinajstić information content (AvgIpc) is 2.98. The number of esters is 1. The van der Waals surface area contributed by atoms with Crippen molar-refractivity contribution in [1.29, 1.82) is 0 Å². The van der Waals surface area contributed by atoms with Gasteiger partial charge in [0, 0.05) is 23.3 Å². The maximum absolute atomic E-state index is 11.3. The second-order valence-electron chi connectivity index (χ2n) is 6.00. The van der Waals surface area contributed by atoms with Crippen LogP contribution in [0.1, 0.15) is 12.8 Å². The molecule has 23 heavy (non-hydrogen) atoms. The maximum atomic E-state index is 11.3. The number of ether oxygens (including phenoxy) is 2. The molecule has 5 atom stereocenters. The van der Waals surface area contributed by atoms with E-state index in [2.05, 4.69) is 0 Å². The maximum Gasteiger partial charge on any atom is 0.306 e. The molecule has 1 aliphatic heterocycles. The zero-order valence-electron chi connectivity index (χ0n) is 12.5. The fraction of sp³-hybridized carbons (Fsp3) is 0.471. The molecule has 1 aliphatic carbocycles. The van der Waals surface area contributed by atoms with E-state index in [1.165, 1.54) is 0 Å². The Hall–Kier alpha value is -1.56. The molecule has 0 radical (unpaired) electrons. The van der Waals surface area contributed by atoms with Crippen LogP contribution >= 0.6 is 11.6 Å². The van der Waals surface area contributed by atoms with Gasteiger partial charge in [-0.3, -0.25) is 4.79 Å². The molecule has 0 aromatic heterocycles. The largest absolute Gasteiger partial charge is 0.491 e. The smallest absolute Gasteiger partial charge is 0.306 e. The summed E-state index contributed by atoms with van der Waals surface area (Å²) in [6, 6.07) is 6.94. The van der Waals surface area contributed by atoms with E-state index in [0.29, 0.717) is 23.6 Å². The topological polar surface area (TPSA) is 76.0 Å². The molecule has 0 bridgehead atoms. The number of carbonyl (C=O) groups is 1. The number of hydrogen-bond acceptors (Lipinski definition) is 5. The third-order valence-corrected chi connectivity index (χ3v) is 4.58. The number of halogens is 1. The van der Waals surface area contributed by atoms with Crippen LogP contribution in [0.5, 0.6) is 5.75 Å². The number of rotatable bonds is 5. The average molecular weight is 339 g/mol. The molecule has 124 valence electrons. The van der Waals surface area contributed by atoms with Crippen molar-refractivity contribution in [3.63, 3.8) is 0 Å². The minimum atomic E-state index is -0.807. The van der Waals surface area contributed by atoms with E-state index >= 15 is 0 Å². The van der Waals surface area contributed by atoms with Crippen LogP contribution in [0.3, 0.4) is 0 Å². The minimum absolute atomic E-state index is 0.00482. The van der Waals surface area contributed by atoms with Gasteiger partial charge >= 0.3 is 5.97 Å². The molecule has 2 fully saturated rings. The molecule has 0 spiro atoms. The van der Waals surface area contributed by atoms with E-state index in [4.69, 9.17) is 21.1 Å². The standard InChI is InChI=1S/C17H19ClO5/c18-10-2-1-3-12(6-10)22-9-11(19)4-5-13-14-7-17(21)23-16(14)8-15(13)20/h1-6,11,13-16,19-20H,7-9H2/b5-4+/t11-,13?,14-,15-,16+/m1/s1. The summed E-state index contributed by atoms with van der Waals surface area (Å²) in [5, 5.41) is 20.6. The van der Waals surface area contributed by atoms with Gasteiger partial charge in [0.2, 0.25) is 0 Å². The van der Waals surface area contributed by atoms with Crippen molar-refractivity contribution in [2.75, 3.05) is 6.61 Å². The van der Waals surface area contributed by atoms with Gasteiger partial charge in [0.15, 0.2) is 0 Å². The predicted molar refractivity (Wildman–Crippen MR) is 84.2 cm³/mol. The Kier molecular flexibility index (Phi) is 4.90. The highest BCUT2D eigenvalue weighted by Gasteiger charge is 2.48. The van der Waals surface area contributed by atoms with Crippen molar-refractivity contribution in [2.24, 2.45) is 11.8 Å². The van der Waals surface area contributed by atoms with Crippen molar-refractivity contribution in [1.82, 2.24) is 0 Å². The first-order chi connectivity index (χ1) is 11.0. The van der Waals surface area contributed by atoms with E-state index in [0.717, 1.165) is 0 Å². The number of carbonyl (C=O) groups excluding carboxylic acids is 1. The molecule has 1 saturated carbocycles. The predicted octanol–water partition coefficient (Wildman–Crippen LogP) is 1.95. The fourth-order valence-electron chi connectivity index (χ4n) is 3.24. The summed E-state index contributed by atoms with van der Waals surface area (Å²) >= 11 is 5.86. The van der Waals surface area contributed by atoms with Gasteiger partial charge in [0.1, 0.15) is 24.6 Å². The molecule has 1 saturated heterocycles. The molecule has 1 unspecified atom stereocenters. The zero-order valence-corrected chi connectivity index (χ0v) is 13.2. The Labute approximate surface area is 139 Å². The number of fused-ring (bicyclic) bond motifs is 1. The van der Waals surface area contributed by atoms with Gasteiger partial charge < -0.3 is 19.7 Å². The fourth-order valence-corrected chi connectivity index (χ4v) is 3.42. The summed E-state index contributed by atoms with van der Waals surface area (Å²) in [5.74, 6) is 0.193. The van der Waals surface area contributed by atoms with Gasteiger partial charge in [0.05, 0.1) is 12.5 Å². The van der Waals surface area contributed by atoms with Crippen LogP contribution < -0.4 is 4.74 Å². The van der Waals surface area contributed by atoms with Crippen molar-refractivity contribution in [3.8, 4) is 5.75 Å². The highest BCUT2D eigenvalue weighted by molar-refractivity contribution is 6.30. The third kappa shape index (κ3) is 3.86. The zero-order chi connectivity index (χ0) is 16.4. The van der Waals surface area contributed by atoms with Gasteiger partial charge in [-0.25, -0.2) is 0 Å². The van der Waals surface area contributed by atoms with E-state index in [9.17, 15) is 15.0 Å². The molecule has 2 N–H and O–H groups in total. The lowest BCUT2D eigenvalue weighted by Gasteiger charge is -2.15. The van der Waals surface area contributed by atoms with Crippen molar-refractivity contribution < 1.29 is 24.5 Å². The Balaban J connectivity index is 1.53. The number of hydrogen-bond donors (Lipinski definition) is 2. The molecule has 1 aromatic carbocycles. The van der Waals surface area contributed by atoms with Gasteiger partial charge in [-0.15, -0.1) is 0 Å². The summed E-state index contributed by atoms with van der Waals surface area (Å²) in [7, 11) is 0. The SMILES string of the molecule is O=C1C[C@@H]2C(/C=C/[C@@H](O)COc3cccc(Cl)c3)[C@H](O)C[C@@H]2O1. The monoisotopic (exact) mass is 338 g/mol. The van der Waals surface area contributed by atoms with Crippen LogP contribution in [0, 0.1) is 11.8 Å². The van der Waals surface area contributed by atoms with Crippen molar-refractivity contribution in [2.45, 2.75) is 31.2 Å². The van der Waals surface area contributed by atoms with Crippen molar-refractivity contribution in [3.05, 3.63) is 41.4 Å². The van der Waals surface area contributed by atoms with Crippen LogP contribution in [0.15, 0.2) is 36.4 Å². The lowest BCUT2D eigenvalue weighted by atomic mass is 9.91. The molecule has 0 amide bonds. The second kappa shape index (κ2) is 6.91. The normalized spacial score (nSPS) is 31.2. The van der Waals surface area contributed by atoms with Gasteiger partial charge in [-0.1, -0.05) is 29.8 Å². The molecule has 1 aromatic rings. The quantitative estimate of drug-likeness (QED) is 0.634. The summed E-state index contributed by atoms with van der Waals surface area (Å²) < 4.78 is 10.6. The van der Waals surface area contributed by atoms with Crippen LogP contribution in [0.2, 0.25) is 5.02 Å². The lowest BCUT2D eigenvalue weighted by Crippen LogP contribution is -2.20. The first kappa shape index (κ1) is 16.3. The second-order valence-corrected chi connectivity index (χ2v) is 6.43. The molecular weight excluding hydrogens is 320 g/mol. The Morgan fingerprint density at radius 2 is 2.30 bits per heavy atom. The van der Waals surface area contributed by atoms with E-state index in [1.807, 2.05) is 0 Å². The highest BCUT2D eigenvalue weighted by Crippen LogP contribution is 2.42. The van der Waals surface area contributed by atoms with Crippen molar-refractivity contribution >= 4 is 17.6 Å². The third-order valence-electron chi connectivity index (χ3n) is 4.35. The summed E-state index contributed by atoms with van der Waals surface area (Å²) in [5.41, 5.74) is 0. The van der Waals surface area contributed by atoms with Crippen LogP contribution in [-0.2, 0) is 9.53 Å². The van der Waals surface area contributed by atoms with E-state index < -0.39 is 12.2 Å². The van der Waals surface area contributed by atoms with Gasteiger partial charge in [0.25, 0.3) is 0 Å². The molecule has 3 rings (SSSR count). The molecule has 1 heterocycles.